The van der Waals surface area contributed by atoms with Crippen LogP contribution in [0.5, 0.6) is 5.75 Å². The summed E-state index contributed by atoms with van der Waals surface area (Å²) in [5.41, 5.74) is 0.952. The number of aliphatic carboxylic acids is 1. The molecule has 0 aliphatic rings. The van der Waals surface area contributed by atoms with E-state index in [1.54, 1.807) is 7.11 Å². The van der Waals surface area contributed by atoms with Gasteiger partial charge in [-0.25, -0.2) is 0 Å². The number of benzene rings is 1. The molecule has 1 atom stereocenters. The molecule has 5 heteroatoms. The van der Waals surface area contributed by atoms with E-state index in [-0.39, 0.29) is 0 Å². The molecule has 0 aliphatic heterocycles. The molecule has 1 aromatic rings. The molecule has 0 saturated carbocycles. The predicted octanol–water partition coefficient (Wildman–Crippen LogP) is 3.19. The summed E-state index contributed by atoms with van der Waals surface area (Å²) in [6.07, 6.45) is 2.54. The summed E-state index contributed by atoms with van der Waals surface area (Å²) in [4.78, 5) is 11.1. The zero-order valence-corrected chi connectivity index (χ0v) is 12.9. The lowest BCUT2D eigenvalue weighted by Gasteiger charge is -2.15. The molecule has 2 N–H and O–H groups in total. The number of carboxylic acids is 1. The second-order valence-electron chi connectivity index (χ2n) is 4.37. The van der Waals surface area contributed by atoms with Gasteiger partial charge in [0.2, 0.25) is 0 Å². The van der Waals surface area contributed by atoms with Crippen LogP contribution in [0, 0.1) is 0 Å². The number of unbranched alkanes of at least 4 members (excludes halogenated alkanes) is 1. The molecular formula is C14H20BrNO3. The number of ether oxygens (including phenoxy) is 1. The number of hydrogen-bond acceptors (Lipinski definition) is 3. The van der Waals surface area contributed by atoms with Gasteiger partial charge in [-0.3, -0.25) is 4.79 Å². The standard InChI is InChI=1S/C14H20BrNO3/c1-3-4-5-12(14(17)18)16-9-10-6-7-11(15)8-13(10)19-2/h6-8,12,16H,3-5,9H2,1-2H3,(H,17,18)/t12-/m0/s1. The summed E-state index contributed by atoms with van der Waals surface area (Å²) >= 11 is 3.38. The quantitative estimate of drug-likeness (QED) is 0.769. The summed E-state index contributed by atoms with van der Waals surface area (Å²) in [6.45, 7) is 2.54. The summed E-state index contributed by atoms with van der Waals surface area (Å²) in [5.74, 6) is -0.0500. The number of halogens is 1. The number of carbonyl (C=O) groups is 1. The Morgan fingerprint density at radius 3 is 2.84 bits per heavy atom. The Kier molecular flexibility index (Phi) is 6.87. The Morgan fingerprint density at radius 2 is 2.26 bits per heavy atom. The molecule has 19 heavy (non-hydrogen) atoms. The molecule has 1 rings (SSSR count). The Labute approximate surface area is 122 Å². The highest BCUT2D eigenvalue weighted by atomic mass is 79.9. The monoisotopic (exact) mass is 329 g/mol. The molecule has 1 aromatic carbocycles. The first-order valence-corrected chi connectivity index (χ1v) is 7.16. The van der Waals surface area contributed by atoms with Gasteiger partial charge in [0.1, 0.15) is 11.8 Å². The SMILES string of the molecule is CCCC[C@H](NCc1ccc(Br)cc1OC)C(=O)O. The van der Waals surface area contributed by atoms with Crippen LogP contribution >= 0.6 is 15.9 Å². The van der Waals surface area contributed by atoms with Crippen LogP contribution in [-0.4, -0.2) is 24.2 Å². The van der Waals surface area contributed by atoms with E-state index in [9.17, 15) is 4.79 Å². The number of hydrogen-bond donors (Lipinski definition) is 2. The zero-order chi connectivity index (χ0) is 14.3. The molecule has 0 unspecified atom stereocenters. The van der Waals surface area contributed by atoms with Crippen molar-refractivity contribution in [2.75, 3.05) is 7.11 Å². The van der Waals surface area contributed by atoms with E-state index in [0.29, 0.717) is 13.0 Å². The van der Waals surface area contributed by atoms with E-state index in [1.165, 1.54) is 0 Å². The molecule has 0 aliphatic carbocycles. The van der Waals surface area contributed by atoms with Crippen LogP contribution in [0.25, 0.3) is 0 Å². The van der Waals surface area contributed by atoms with Crippen LogP contribution in [0.15, 0.2) is 22.7 Å². The minimum absolute atomic E-state index is 0.483. The van der Waals surface area contributed by atoms with E-state index in [4.69, 9.17) is 9.84 Å². The molecule has 4 nitrogen and oxygen atoms in total. The summed E-state index contributed by atoms with van der Waals surface area (Å²) in [5, 5.41) is 12.2. The van der Waals surface area contributed by atoms with E-state index in [2.05, 4.69) is 28.2 Å². The molecular weight excluding hydrogens is 310 g/mol. The average molecular weight is 330 g/mol. The predicted molar refractivity (Wildman–Crippen MR) is 78.5 cm³/mol. The topological polar surface area (TPSA) is 58.6 Å². The van der Waals surface area contributed by atoms with Gasteiger partial charge in [-0.1, -0.05) is 41.8 Å². The maximum Gasteiger partial charge on any atom is 0.320 e. The fraction of sp³-hybridized carbons (Fsp3) is 0.500. The van der Waals surface area contributed by atoms with Gasteiger partial charge in [-0.05, 0) is 18.6 Å². The van der Waals surface area contributed by atoms with Gasteiger partial charge in [-0.15, -0.1) is 0 Å². The normalized spacial score (nSPS) is 12.2. The first-order chi connectivity index (χ1) is 9.08. The molecule has 106 valence electrons. The summed E-state index contributed by atoms with van der Waals surface area (Å²) in [6, 6.07) is 5.21. The Hall–Kier alpha value is -1.07. The highest BCUT2D eigenvalue weighted by molar-refractivity contribution is 9.10. The van der Waals surface area contributed by atoms with Crippen molar-refractivity contribution in [2.24, 2.45) is 0 Å². The largest absolute Gasteiger partial charge is 0.496 e. The molecule has 0 saturated heterocycles. The van der Waals surface area contributed by atoms with Gasteiger partial charge in [0.05, 0.1) is 7.11 Å². The second-order valence-corrected chi connectivity index (χ2v) is 5.29. The molecule has 0 fully saturated rings. The van der Waals surface area contributed by atoms with E-state index in [0.717, 1.165) is 28.6 Å². The number of carboxylic acid groups (broad SMARTS) is 1. The fourth-order valence-corrected chi connectivity index (χ4v) is 2.16. The maximum atomic E-state index is 11.1. The number of rotatable bonds is 8. The Balaban J connectivity index is 2.65. The van der Waals surface area contributed by atoms with Gasteiger partial charge in [0.25, 0.3) is 0 Å². The molecule has 0 radical (unpaired) electrons. The Morgan fingerprint density at radius 1 is 1.53 bits per heavy atom. The van der Waals surface area contributed by atoms with Gasteiger partial charge in [0, 0.05) is 16.6 Å². The van der Waals surface area contributed by atoms with Crippen LogP contribution in [0.2, 0.25) is 0 Å². The van der Waals surface area contributed by atoms with Crippen LogP contribution in [0.4, 0.5) is 0 Å². The maximum absolute atomic E-state index is 11.1. The van der Waals surface area contributed by atoms with Crippen molar-refractivity contribution in [1.29, 1.82) is 0 Å². The van der Waals surface area contributed by atoms with Gasteiger partial charge in [-0.2, -0.15) is 0 Å². The fourth-order valence-electron chi connectivity index (χ4n) is 1.82. The van der Waals surface area contributed by atoms with Gasteiger partial charge >= 0.3 is 5.97 Å². The third-order valence-corrected chi connectivity index (χ3v) is 3.43. The minimum Gasteiger partial charge on any atom is -0.496 e. The highest BCUT2D eigenvalue weighted by Gasteiger charge is 2.16. The van der Waals surface area contributed by atoms with Crippen molar-refractivity contribution in [1.82, 2.24) is 5.32 Å². The van der Waals surface area contributed by atoms with Crippen molar-refractivity contribution in [2.45, 2.75) is 38.8 Å². The van der Waals surface area contributed by atoms with E-state index >= 15 is 0 Å². The van der Waals surface area contributed by atoms with Crippen LogP contribution in [-0.2, 0) is 11.3 Å². The van der Waals surface area contributed by atoms with E-state index < -0.39 is 12.0 Å². The Bertz CT molecular complexity index is 423. The third kappa shape index (κ3) is 5.20. The zero-order valence-electron chi connectivity index (χ0n) is 11.3. The van der Waals surface area contributed by atoms with Crippen molar-refractivity contribution < 1.29 is 14.6 Å². The molecule has 0 spiro atoms. The number of methoxy groups -OCH3 is 1. The third-order valence-electron chi connectivity index (χ3n) is 2.93. The minimum atomic E-state index is -0.801. The smallest absolute Gasteiger partial charge is 0.320 e. The first kappa shape index (κ1) is 16.0. The van der Waals surface area contributed by atoms with Crippen molar-refractivity contribution in [3.8, 4) is 5.75 Å². The highest BCUT2D eigenvalue weighted by Crippen LogP contribution is 2.23. The van der Waals surface area contributed by atoms with Crippen LogP contribution < -0.4 is 10.1 Å². The molecule has 0 bridgehead atoms. The first-order valence-electron chi connectivity index (χ1n) is 6.37. The lowest BCUT2D eigenvalue weighted by atomic mass is 10.1. The van der Waals surface area contributed by atoms with E-state index in [1.807, 2.05) is 18.2 Å². The van der Waals surface area contributed by atoms with Crippen molar-refractivity contribution >= 4 is 21.9 Å². The lowest BCUT2D eigenvalue weighted by Crippen LogP contribution is -2.36. The average Bonchev–Trinajstić information content (AvgIpc) is 2.39. The second kappa shape index (κ2) is 8.17. The molecule has 0 heterocycles. The molecule has 0 aromatic heterocycles. The molecule has 0 amide bonds. The summed E-state index contributed by atoms with van der Waals surface area (Å²) < 4.78 is 6.22. The van der Waals surface area contributed by atoms with Crippen LogP contribution in [0.3, 0.4) is 0 Å². The van der Waals surface area contributed by atoms with Crippen LogP contribution in [0.1, 0.15) is 31.7 Å². The van der Waals surface area contributed by atoms with Crippen molar-refractivity contribution in [3.05, 3.63) is 28.2 Å². The number of nitrogens with one attached hydrogen (secondary N) is 1. The van der Waals surface area contributed by atoms with Crippen molar-refractivity contribution in [3.63, 3.8) is 0 Å². The van der Waals surface area contributed by atoms with Gasteiger partial charge in [0.15, 0.2) is 0 Å². The lowest BCUT2D eigenvalue weighted by molar-refractivity contribution is -0.139. The summed E-state index contributed by atoms with van der Waals surface area (Å²) in [7, 11) is 1.61. The van der Waals surface area contributed by atoms with Gasteiger partial charge < -0.3 is 15.2 Å².